The van der Waals surface area contributed by atoms with Gasteiger partial charge in [-0.2, -0.15) is 5.10 Å². The second kappa shape index (κ2) is 6.31. The molecule has 3 aromatic rings. The number of anilines is 1. The molecule has 0 fully saturated rings. The number of fused-ring (bicyclic) bond motifs is 1. The van der Waals surface area contributed by atoms with Crippen LogP contribution < -0.4 is 5.32 Å². The number of hydrogen-bond acceptors (Lipinski definition) is 4. The molecule has 0 aliphatic carbocycles. The van der Waals surface area contributed by atoms with Gasteiger partial charge in [0.15, 0.2) is 5.69 Å². The highest BCUT2D eigenvalue weighted by molar-refractivity contribution is 6.11. The van der Waals surface area contributed by atoms with E-state index in [0.29, 0.717) is 23.6 Å². The summed E-state index contributed by atoms with van der Waals surface area (Å²) in [5, 5.41) is 10.4. The normalized spacial score (nSPS) is 10.5. The van der Waals surface area contributed by atoms with Gasteiger partial charge in [-0.15, -0.1) is 0 Å². The van der Waals surface area contributed by atoms with Crippen LogP contribution in [0.4, 0.5) is 5.69 Å². The monoisotopic (exact) mass is 309 g/mol. The summed E-state index contributed by atoms with van der Waals surface area (Å²) in [6.45, 7) is 2.04. The highest BCUT2D eigenvalue weighted by atomic mass is 16.5. The molecule has 1 heterocycles. The molecule has 0 radical (unpaired) electrons. The molecular weight excluding hydrogens is 294 g/mol. The largest absolute Gasteiger partial charge is 0.462 e. The number of aromatic amines is 1. The fourth-order valence-electron chi connectivity index (χ4n) is 2.27. The highest BCUT2D eigenvalue weighted by Gasteiger charge is 2.15. The predicted octanol–water partition coefficient (Wildman–Crippen LogP) is 2.99. The molecule has 23 heavy (non-hydrogen) atoms. The average Bonchev–Trinajstić information content (AvgIpc) is 2.99. The molecule has 6 heteroatoms. The Labute approximate surface area is 132 Å². The second-order valence-electron chi connectivity index (χ2n) is 4.87. The third kappa shape index (κ3) is 3.06. The Kier molecular flexibility index (Phi) is 4.05. The van der Waals surface area contributed by atoms with E-state index in [4.69, 9.17) is 4.74 Å². The molecule has 0 atom stereocenters. The van der Waals surface area contributed by atoms with Crippen LogP contribution in [0.1, 0.15) is 27.8 Å². The van der Waals surface area contributed by atoms with Gasteiger partial charge in [-0.3, -0.25) is 9.89 Å². The first-order chi connectivity index (χ1) is 11.2. The molecule has 6 nitrogen and oxygen atoms in total. The lowest BCUT2D eigenvalue weighted by Gasteiger charge is -2.06. The number of ether oxygens (including phenoxy) is 1. The summed E-state index contributed by atoms with van der Waals surface area (Å²) >= 11 is 0. The number of rotatable bonds is 4. The SMILES string of the molecule is CCOC(=O)c1cccc(NC(=O)c2n[nH]c3ccccc23)c1. The minimum absolute atomic E-state index is 0.300. The van der Waals surface area contributed by atoms with E-state index in [-0.39, 0.29) is 5.91 Å². The van der Waals surface area contributed by atoms with Crippen LogP contribution in [-0.2, 0) is 4.74 Å². The van der Waals surface area contributed by atoms with Crippen LogP contribution >= 0.6 is 0 Å². The number of amides is 1. The van der Waals surface area contributed by atoms with Crippen LogP contribution in [-0.4, -0.2) is 28.7 Å². The van der Waals surface area contributed by atoms with Crippen molar-refractivity contribution in [2.75, 3.05) is 11.9 Å². The fraction of sp³-hybridized carbons (Fsp3) is 0.118. The van der Waals surface area contributed by atoms with Gasteiger partial charge in [-0.1, -0.05) is 24.3 Å². The Morgan fingerprint density at radius 2 is 2.00 bits per heavy atom. The van der Waals surface area contributed by atoms with Gasteiger partial charge in [0.2, 0.25) is 0 Å². The topological polar surface area (TPSA) is 84.1 Å². The number of carbonyl (C=O) groups is 2. The molecule has 0 saturated heterocycles. The second-order valence-corrected chi connectivity index (χ2v) is 4.87. The maximum Gasteiger partial charge on any atom is 0.338 e. The van der Waals surface area contributed by atoms with Crippen LogP contribution in [0.3, 0.4) is 0 Å². The standard InChI is InChI=1S/C17H15N3O3/c1-2-23-17(22)11-6-5-7-12(10-11)18-16(21)15-13-8-3-4-9-14(13)19-20-15/h3-10H,2H2,1H3,(H,18,21)(H,19,20). The van der Waals surface area contributed by atoms with E-state index in [2.05, 4.69) is 15.5 Å². The van der Waals surface area contributed by atoms with Crippen molar-refractivity contribution >= 4 is 28.5 Å². The van der Waals surface area contributed by atoms with E-state index >= 15 is 0 Å². The molecule has 3 rings (SSSR count). The Bertz CT molecular complexity index is 870. The summed E-state index contributed by atoms with van der Waals surface area (Å²) in [5.74, 6) is -0.766. The molecule has 2 aromatic carbocycles. The first kappa shape index (κ1) is 14.8. The maximum absolute atomic E-state index is 12.4. The first-order valence-corrected chi connectivity index (χ1v) is 7.20. The molecule has 0 saturated carbocycles. The Morgan fingerprint density at radius 1 is 1.17 bits per heavy atom. The van der Waals surface area contributed by atoms with Gasteiger partial charge in [-0.05, 0) is 31.2 Å². The van der Waals surface area contributed by atoms with Gasteiger partial charge >= 0.3 is 5.97 Å². The number of esters is 1. The number of nitrogens with zero attached hydrogens (tertiary/aromatic N) is 1. The summed E-state index contributed by atoms with van der Waals surface area (Å²) in [6, 6.07) is 14.0. The van der Waals surface area contributed by atoms with E-state index < -0.39 is 5.97 Å². The van der Waals surface area contributed by atoms with Gasteiger partial charge in [-0.25, -0.2) is 4.79 Å². The van der Waals surface area contributed by atoms with Crippen molar-refractivity contribution in [3.05, 3.63) is 59.8 Å². The summed E-state index contributed by atoms with van der Waals surface area (Å²) in [5.41, 5.74) is 1.99. The van der Waals surface area contributed by atoms with Gasteiger partial charge in [0, 0.05) is 11.1 Å². The van der Waals surface area contributed by atoms with Crippen molar-refractivity contribution in [3.63, 3.8) is 0 Å². The molecule has 0 bridgehead atoms. The Morgan fingerprint density at radius 3 is 2.83 bits per heavy atom. The minimum atomic E-state index is -0.422. The zero-order valence-electron chi connectivity index (χ0n) is 12.5. The van der Waals surface area contributed by atoms with Crippen molar-refractivity contribution in [1.82, 2.24) is 10.2 Å². The van der Waals surface area contributed by atoms with E-state index in [0.717, 1.165) is 10.9 Å². The van der Waals surface area contributed by atoms with Crippen LogP contribution in [0.2, 0.25) is 0 Å². The number of H-pyrrole nitrogens is 1. The summed E-state index contributed by atoms with van der Waals surface area (Å²) in [6.07, 6.45) is 0. The predicted molar refractivity (Wildman–Crippen MR) is 86.4 cm³/mol. The minimum Gasteiger partial charge on any atom is -0.462 e. The van der Waals surface area contributed by atoms with Gasteiger partial charge in [0.25, 0.3) is 5.91 Å². The molecule has 0 aliphatic rings. The molecular formula is C17H15N3O3. The molecule has 1 amide bonds. The van der Waals surface area contributed by atoms with Crippen molar-refractivity contribution < 1.29 is 14.3 Å². The molecule has 0 aliphatic heterocycles. The zero-order valence-corrected chi connectivity index (χ0v) is 12.5. The van der Waals surface area contributed by atoms with Crippen LogP contribution in [0.15, 0.2) is 48.5 Å². The van der Waals surface area contributed by atoms with Gasteiger partial charge in [0.05, 0.1) is 17.7 Å². The third-order valence-electron chi connectivity index (χ3n) is 3.32. The van der Waals surface area contributed by atoms with Crippen molar-refractivity contribution in [1.29, 1.82) is 0 Å². The number of hydrogen-bond donors (Lipinski definition) is 2. The third-order valence-corrected chi connectivity index (χ3v) is 3.32. The van der Waals surface area contributed by atoms with Gasteiger partial charge in [0.1, 0.15) is 0 Å². The molecule has 0 unspecified atom stereocenters. The van der Waals surface area contributed by atoms with Crippen LogP contribution in [0.5, 0.6) is 0 Å². The Balaban J connectivity index is 1.83. The number of benzene rings is 2. The average molecular weight is 309 g/mol. The van der Waals surface area contributed by atoms with E-state index in [1.807, 2.05) is 24.3 Å². The smallest absolute Gasteiger partial charge is 0.338 e. The van der Waals surface area contributed by atoms with E-state index in [1.165, 1.54) is 0 Å². The zero-order chi connectivity index (χ0) is 16.2. The van der Waals surface area contributed by atoms with E-state index in [1.54, 1.807) is 31.2 Å². The molecule has 1 aromatic heterocycles. The molecule has 2 N–H and O–H groups in total. The number of para-hydroxylation sites is 1. The number of aromatic nitrogens is 2. The lowest BCUT2D eigenvalue weighted by atomic mass is 10.2. The van der Waals surface area contributed by atoms with E-state index in [9.17, 15) is 9.59 Å². The maximum atomic E-state index is 12.4. The van der Waals surface area contributed by atoms with Crippen molar-refractivity contribution in [2.24, 2.45) is 0 Å². The summed E-state index contributed by atoms with van der Waals surface area (Å²) in [4.78, 5) is 24.1. The van der Waals surface area contributed by atoms with Crippen molar-refractivity contribution in [2.45, 2.75) is 6.92 Å². The Hall–Kier alpha value is -3.15. The highest BCUT2D eigenvalue weighted by Crippen LogP contribution is 2.18. The van der Waals surface area contributed by atoms with Crippen LogP contribution in [0, 0.1) is 0 Å². The number of nitrogens with one attached hydrogen (secondary N) is 2. The van der Waals surface area contributed by atoms with Gasteiger partial charge < -0.3 is 10.1 Å². The quantitative estimate of drug-likeness (QED) is 0.726. The molecule has 116 valence electrons. The fourth-order valence-corrected chi connectivity index (χ4v) is 2.27. The van der Waals surface area contributed by atoms with Crippen molar-refractivity contribution in [3.8, 4) is 0 Å². The number of carbonyl (C=O) groups excluding carboxylic acids is 2. The molecule has 0 spiro atoms. The lowest BCUT2D eigenvalue weighted by molar-refractivity contribution is 0.0526. The first-order valence-electron chi connectivity index (χ1n) is 7.20. The van der Waals surface area contributed by atoms with Crippen LogP contribution in [0.25, 0.3) is 10.9 Å². The summed E-state index contributed by atoms with van der Waals surface area (Å²) in [7, 11) is 0. The lowest BCUT2D eigenvalue weighted by Crippen LogP contribution is -2.13. The summed E-state index contributed by atoms with van der Waals surface area (Å²) < 4.78 is 4.95.